The number of nitrogens with two attached hydrogens (primary N) is 1. The molecular weight excluding hydrogens is 208 g/mol. The normalized spacial score (nSPS) is 19.7. The first-order chi connectivity index (χ1) is 7.13. The largest absolute Gasteiger partial charge is 0.390 e. The van der Waals surface area contributed by atoms with Gasteiger partial charge in [-0.2, -0.15) is 0 Å². The van der Waals surface area contributed by atoms with Crippen molar-refractivity contribution in [2.75, 3.05) is 12.8 Å². The van der Waals surface area contributed by atoms with Crippen LogP contribution in [0.1, 0.15) is 34.1 Å². The summed E-state index contributed by atoms with van der Waals surface area (Å²) in [5, 5.41) is 3.33. The van der Waals surface area contributed by atoms with Crippen LogP contribution in [-0.4, -0.2) is 13.0 Å². The lowest BCUT2D eigenvalue weighted by Gasteiger charge is -2.18. The van der Waals surface area contributed by atoms with Crippen LogP contribution in [-0.2, 0) is 12.8 Å². The van der Waals surface area contributed by atoms with E-state index in [1.165, 1.54) is 10.4 Å². The molecule has 2 rings (SSSR count). The summed E-state index contributed by atoms with van der Waals surface area (Å²) in [5.41, 5.74) is 7.82. The molecule has 15 heavy (non-hydrogen) atoms. The summed E-state index contributed by atoms with van der Waals surface area (Å²) in [6.45, 7) is 2.25. The molecule has 0 spiro atoms. The minimum absolute atomic E-state index is 0.0421. The molecule has 3 N–H and O–H groups in total. The Morgan fingerprint density at radius 3 is 3.00 bits per heavy atom. The summed E-state index contributed by atoms with van der Waals surface area (Å²) >= 11 is 1.58. The van der Waals surface area contributed by atoms with Gasteiger partial charge in [0.05, 0.1) is 10.6 Å². The zero-order valence-corrected chi connectivity index (χ0v) is 9.91. The monoisotopic (exact) mass is 224 g/mol. The topological polar surface area (TPSA) is 55.1 Å². The number of hydrogen-bond donors (Lipinski definition) is 2. The van der Waals surface area contributed by atoms with Gasteiger partial charge >= 0.3 is 0 Å². The summed E-state index contributed by atoms with van der Waals surface area (Å²) in [6, 6.07) is 0. The smallest absolute Gasteiger partial charge is 0.254 e. The number of hydrogen-bond acceptors (Lipinski definition) is 3. The van der Waals surface area contributed by atoms with E-state index in [2.05, 4.69) is 12.2 Å². The van der Waals surface area contributed by atoms with Crippen molar-refractivity contribution in [3.05, 3.63) is 16.0 Å². The predicted molar refractivity (Wildman–Crippen MR) is 63.3 cm³/mol. The number of thiophene rings is 1. The Labute approximate surface area is 93.7 Å². The lowest BCUT2D eigenvalue weighted by Crippen LogP contribution is -2.21. The van der Waals surface area contributed by atoms with E-state index in [1.54, 1.807) is 18.4 Å². The predicted octanol–water partition coefficient (Wildman–Crippen LogP) is 1.81. The summed E-state index contributed by atoms with van der Waals surface area (Å²) in [4.78, 5) is 13.0. The van der Waals surface area contributed by atoms with E-state index in [9.17, 15) is 4.79 Å². The zero-order chi connectivity index (χ0) is 11.0. The maximum Gasteiger partial charge on any atom is 0.254 e. The molecule has 1 aliphatic carbocycles. The van der Waals surface area contributed by atoms with Gasteiger partial charge in [0.25, 0.3) is 5.91 Å². The first-order valence-electron chi connectivity index (χ1n) is 5.25. The van der Waals surface area contributed by atoms with E-state index in [1.807, 2.05) is 0 Å². The molecule has 0 saturated carbocycles. The van der Waals surface area contributed by atoms with Gasteiger partial charge in [0.2, 0.25) is 0 Å². The van der Waals surface area contributed by atoms with Crippen LogP contribution in [0.5, 0.6) is 0 Å². The molecule has 1 aliphatic rings. The molecule has 1 aromatic heterocycles. The van der Waals surface area contributed by atoms with E-state index in [-0.39, 0.29) is 5.91 Å². The van der Waals surface area contributed by atoms with Crippen molar-refractivity contribution in [1.29, 1.82) is 0 Å². The quantitative estimate of drug-likeness (QED) is 0.764. The van der Waals surface area contributed by atoms with Gasteiger partial charge < -0.3 is 11.1 Å². The van der Waals surface area contributed by atoms with Crippen LogP contribution in [0, 0.1) is 5.92 Å². The van der Waals surface area contributed by atoms with Crippen LogP contribution >= 0.6 is 11.3 Å². The molecule has 0 radical (unpaired) electrons. The van der Waals surface area contributed by atoms with Gasteiger partial charge in [0.1, 0.15) is 0 Å². The summed E-state index contributed by atoms with van der Waals surface area (Å²) in [6.07, 6.45) is 3.22. The SMILES string of the molecule is CNC(=O)c1c(N)sc2c1CC[C@@H](C)C2. The number of rotatable bonds is 1. The highest BCUT2D eigenvalue weighted by molar-refractivity contribution is 7.16. The maximum atomic E-state index is 11.7. The Balaban J connectivity index is 2.44. The van der Waals surface area contributed by atoms with Crippen molar-refractivity contribution in [2.24, 2.45) is 5.92 Å². The fourth-order valence-electron chi connectivity index (χ4n) is 2.15. The molecule has 3 nitrogen and oxygen atoms in total. The molecular formula is C11H16N2OS. The van der Waals surface area contributed by atoms with Crippen LogP contribution in [0.3, 0.4) is 0 Å². The Hall–Kier alpha value is -1.03. The van der Waals surface area contributed by atoms with Crippen LogP contribution in [0.25, 0.3) is 0 Å². The fourth-order valence-corrected chi connectivity index (χ4v) is 3.42. The molecule has 0 bridgehead atoms. The third kappa shape index (κ3) is 1.74. The molecule has 0 fully saturated rings. The van der Waals surface area contributed by atoms with Gasteiger partial charge in [-0.25, -0.2) is 0 Å². The Bertz CT molecular complexity index is 398. The second kappa shape index (κ2) is 3.85. The van der Waals surface area contributed by atoms with E-state index in [0.717, 1.165) is 24.8 Å². The molecule has 0 unspecified atom stereocenters. The second-order valence-corrected chi connectivity index (χ2v) is 5.31. The van der Waals surface area contributed by atoms with Crippen LogP contribution in [0.15, 0.2) is 0 Å². The first-order valence-corrected chi connectivity index (χ1v) is 6.07. The average molecular weight is 224 g/mol. The number of anilines is 1. The average Bonchev–Trinajstić information content (AvgIpc) is 2.52. The Kier molecular flexibility index (Phi) is 2.69. The molecule has 0 saturated heterocycles. The van der Waals surface area contributed by atoms with Gasteiger partial charge in [-0.15, -0.1) is 11.3 Å². The van der Waals surface area contributed by atoms with Crippen molar-refractivity contribution >= 4 is 22.2 Å². The molecule has 1 heterocycles. The zero-order valence-electron chi connectivity index (χ0n) is 9.09. The molecule has 4 heteroatoms. The molecule has 0 aromatic carbocycles. The minimum atomic E-state index is -0.0421. The molecule has 82 valence electrons. The second-order valence-electron chi connectivity index (χ2n) is 4.17. The molecule has 1 aromatic rings. The summed E-state index contributed by atoms with van der Waals surface area (Å²) in [5.74, 6) is 0.674. The molecule has 1 atom stereocenters. The standard InChI is InChI=1S/C11H16N2OS/c1-6-3-4-7-8(5-6)15-10(12)9(7)11(14)13-2/h6H,3-5,12H2,1-2H3,(H,13,14)/t6-/m1/s1. The molecule has 1 amide bonds. The fraction of sp³-hybridized carbons (Fsp3) is 0.545. The van der Waals surface area contributed by atoms with Crippen LogP contribution in [0.2, 0.25) is 0 Å². The third-order valence-electron chi connectivity index (χ3n) is 2.99. The molecule has 0 aliphatic heterocycles. The van der Waals surface area contributed by atoms with Gasteiger partial charge in [-0.05, 0) is 30.7 Å². The van der Waals surface area contributed by atoms with Crippen molar-refractivity contribution in [1.82, 2.24) is 5.32 Å². The highest BCUT2D eigenvalue weighted by Crippen LogP contribution is 2.37. The lowest BCUT2D eigenvalue weighted by atomic mass is 9.88. The van der Waals surface area contributed by atoms with Gasteiger partial charge in [-0.3, -0.25) is 4.79 Å². The number of amides is 1. The number of nitrogens with one attached hydrogen (secondary N) is 1. The van der Waals surface area contributed by atoms with Gasteiger partial charge in [0.15, 0.2) is 0 Å². The minimum Gasteiger partial charge on any atom is -0.390 e. The highest BCUT2D eigenvalue weighted by atomic mass is 32.1. The lowest BCUT2D eigenvalue weighted by molar-refractivity contribution is 0.0963. The van der Waals surface area contributed by atoms with E-state index < -0.39 is 0 Å². The van der Waals surface area contributed by atoms with E-state index in [4.69, 9.17) is 5.73 Å². The van der Waals surface area contributed by atoms with Crippen LogP contribution in [0.4, 0.5) is 5.00 Å². The van der Waals surface area contributed by atoms with Crippen molar-refractivity contribution < 1.29 is 4.79 Å². The third-order valence-corrected chi connectivity index (χ3v) is 4.08. The summed E-state index contributed by atoms with van der Waals surface area (Å²) < 4.78 is 0. The van der Waals surface area contributed by atoms with Crippen molar-refractivity contribution in [3.8, 4) is 0 Å². The number of carbonyl (C=O) groups excluding carboxylic acids is 1. The van der Waals surface area contributed by atoms with E-state index in [0.29, 0.717) is 10.9 Å². The first kappa shape index (κ1) is 10.5. The van der Waals surface area contributed by atoms with Crippen LogP contribution < -0.4 is 11.1 Å². The Morgan fingerprint density at radius 2 is 2.33 bits per heavy atom. The Morgan fingerprint density at radius 1 is 1.60 bits per heavy atom. The number of fused-ring (bicyclic) bond motifs is 1. The highest BCUT2D eigenvalue weighted by Gasteiger charge is 2.25. The number of nitrogen functional groups attached to an aromatic ring is 1. The van der Waals surface area contributed by atoms with E-state index >= 15 is 0 Å². The maximum absolute atomic E-state index is 11.7. The van der Waals surface area contributed by atoms with Crippen molar-refractivity contribution in [3.63, 3.8) is 0 Å². The number of carbonyl (C=O) groups is 1. The van der Waals surface area contributed by atoms with Gasteiger partial charge in [0, 0.05) is 11.9 Å². The van der Waals surface area contributed by atoms with Crippen molar-refractivity contribution in [2.45, 2.75) is 26.2 Å². The van der Waals surface area contributed by atoms with Gasteiger partial charge in [-0.1, -0.05) is 6.92 Å². The summed E-state index contributed by atoms with van der Waals surface area (Å²) in [7, 11) is 1.65.